The summed E-state index contributed by atoms with van der Waals surface area (Å²) in [5.41, 5.74) is 0.755. The predicted molar refractivity (Wildman–Crippen MR) is 112 cm³/mol. The number of ether oxygens (including phenoxy) is 3. The highest BCUT2D eigenvalue weighted by Gasteiger charge is 2.34. The zero-order valence-electron chi connectivity index (χ0n) is 17.4. The van der Waals surface area contributed by atoms with Gasteiger partial charge in [0, 0.05) is 30.4 Å². The van der Waals surface area contributed by atoms with Gasteiger partial charge in [-0.2, -0.15) is 4.98 Å². The molecule has 2 aliphatic rings. The van der Waals surface area contributed by atoms with Crippen molar-refractivity contribution < 1.29 is 14.2 Å². The van der Waals surface area contributed by atoms with Crippen LogP contribution < -0.4 is 24.4 Å². The summed E-state index contributed by atoms with van der Waals surface area (Å²) in [7, 11) is 4.78. The van der Waals surface area contributed by atoms with E-state index in [2.05, 4.69) is 20.2 Å². The highest BCUT2D eigenvalue weighted by molar-refractivity contribution is 5.65. The lowest BCUT2D eigenvalue weighted by molar-refractivity contribution is 0.241. The molecule has 1 aliphatic carbocycles. The van der Waals surface area contributed by atoms with Gasteiger partial charge in [0.25, 0.3) is 0 Å². The van der Waals surface area contributed by atoms with Gasteiger partial charge in [-0.15, -0.1) is 0 Å². The Morgan fingerprint density at radius 3 is 2.38 bits per heavy atom. The topological polar surface area (TPSA) is 81.6 Å². The van der Waals surface area contributed by atoms with Crippen molar-refractivity contribution >= 4 is 17.6 Å². The van der Waals surface area contributed by atoms with E-state index in [9.17, 15) is 0 Å². The van der Waals surface area contributed by atoms with Crippen LogP contribution in [-0.2, 0) is 0 Å². The summed E-state index contributed by atoms with van der Waals surface area (Å²) in [6.45, 7) is 1.01. The summed E-state index contributed by atoms with van der Waals surface area (Å²) >= 11 is 0. The fourth-order valence-corrected chi connectivity index (χ4v) is 4.64. The Morgan fingerprint density at radius 1 is 0.931 bits per heavy atom. The quantitative estimate of drug-likeness (QED) is 0.785. The molecule has 0 spiro atoms. The van der Waals surface area contributed by atoms with Crippen LogP contribution in [0.25, 0.3) is 0 Å². The van der Waals surface area contributed by atoms with E-state index in [4.69, 9.17) is 19.2 Å². The first kappa shape index (κ1) is 19.5. The van der Waals surface area contributed by atoms with Gasteiger partial charge in [0.1, 0.15) is 6.33 Å². The molecule has 1 saturated heterocycles. The van der Waals surface area contributed by atoms with E-state index in [1.54, 1.807) is 27.7 Å². The van der Waals surface area contributed by atoms with E-state index >= 15 is 0 Å². The maximum absolute atomic E-state index is 5.43. The molecule has 8 nitrogen and oxygen atoms in total. The van der Waals surface area contributed by atoms with Crippen LogP contribution in [-0.4, -0.2) is 48.9 Å². The molecule has 2 unspecified atom stereocenters. The zero-order chi connectivity index (χ0) is 20.2. The van der Waals surface area contributed by atoms with Crippen molar-refractivity contribution in [2.24, 2.45) is 5.92 Å². The second kappa shape index (κ2) is 8.71. The Kier molecular flexibility index (Phi) is 5.87. The van der Waals surface area contributed by atoms with Crippen molar-refractivity contribution in [3.63, 3.8) is 0 Å². The lowest BCUT2D eigenvalue weighted by Gasteiger charge is -2.44. The molecule has 8 heteroatoms. The summed E-state index contributed by atoms with van der Waals surface area (Å²) in [5.74, 6) is 3.72. The van der Waals surface area contributed by atoms with Gasteiger partial charge in [0.2, 0.25) is 17.6 Å². The van der Waals surface area contributed by atoms with E-state index in [-0.39, 0.29) is 0 Å². The number of benzene rings is 1. The van der Waals surface area contributed by atoms with Crippen molar-refractivity contribution in [1.82, 2.24) is 15.0 Å². The van der Waals surface area contributed by atoms with Gasteiger partial charge in [0.05, 0.1) is 21.3 Å². The number of piperidine rings is 1. The van der Waals surface area contributed by atoms with Crippen LogP contribution in [0.2, 0.25) is 0 Å². The fourth-order valence-electron chi connectivity index (χ4n) is 4.64. The number of nitrogens with one attached hydrogen (secondary N) is 1. The average molecular weight is 399 g/mol. The first-order chi connectivity index (χ1) is 14.2. The van der Waals surface area contributed by atoms with Gasteiger partial charge < -0.3 is 24.4 Å². The van der Waals surface area contributed by atoms with Gasteiger partial charge in [0.15, 0.2) is 11.5 Å². The van der Waals surface area contributed by atoms with Crippen molar-refractivity contribution in [2.45, 2.75) is 44.6 Å². The second-order valence-electron chi connectivity index (χ2n) is 7.60. The molecule has 2 atom stereocenters. The van der Waals surface area contributed by atoms with E-state index < -0.39 is 0 Å². The third-order valence-electron chi connectivity index (χ3n) is 5.98. The number of methoxy groups -OCH3 is 3. The summed E-state index contributed by atoms with van der Waals surface area (Å²) in [4.78, 5) is 15.9. The van der Waals surface area contributed by atoms with Gasteiger partial charge in [-0.3, -0.25) is 0 Å². The summed E-state index contributed by atoms with van der Waals surface area (Å²) in [6.07, 6.45) is 9.29. The number of hydrogen-bond donors (Lipinski definition) is 1. The molecule has 2 heterocycles. The number of hydrogen-bond acceptors (Lipinski definition) is 8. The lowest BCUT2D eigenvalue weighted by Crippen LogP contribution is -2.47. The lowest BCUT2D eigenvalue weighted by atomic mass is 9.78. The van der Waals surface area contributed by atoms with Crippen LogP contribution in [0.5, 0.6) is 17.2 Å². The van der Waals surface area contributed by atoms with Gasteiger partial charge in [-0.05, 0) is 31.6 Å². The van der Waals surface area contributed by atoms with Gasteiger partial charge in [-0.1, -0.05) is 12.8 Å². The third-order valence-corrected chi connectivity index (χ3v) is 5.98. The number of aromatic nitrogens is 3. The molecule has 1 saturated carbocycles. The second-order valence-corrected chi connectivity index (χ2v) is 7.60. The maximum atomic E-state index is 5.43. The maximum Gasteiger partial charge on any atom is 0.232 e. The zero-order valence-corrected chi connectivity index (χ0v) is 17.4. The fraction of sp³-hybridized carbons (Fsp3) is 0.571. The van der Waals surface area contributed by atoms with E-state index in [1.165, 1.54) is 38.5 Å². The van der Waals surface area contributed by atoms with Crippen LogP contribution in [0.1, 0.15) is 38.5 Å². The minimum Gasteiger partial charge on any atom is -0.493 e. The number of nitrogens with zero attached hydrogens (tertiary/aromatic N) is 4. The SMILES string of the molecule is COc1cc(Nc2ncnc(N3CCCC4CCCCC43)n2)cc(OC)c1OC. The molecule has 0 radical (unpaired) electrons. The Hall–Kier alpha value is -2.77. The van der Waals surface area contributed by atoms with Crippen LogP contribution in [0.4, 0.5) is 17.6 Å². The third kappa shape index (κ3) is 4.02. The average Bonchev–Trinajstić information content (AvgIpc) is 2.78. The summed E-state index contributed by atoms with van der Waals surface area (Å²) in [5, 5.41) is 3.25. The number of rotatable bonds is 6. The summed E-state index contributed by atoms with van der Waals surface area (Å²) in [6, 6.07) is 4.22. The molecule has 1 aromatic carbocycles. The van der Waals surface area contributed by atoms with E-state index in [0.29, 0.717) is 29.2 Å². The Labute approximate surface area is 171 Å². The van der Waals surface area contributed by atoms with Crippen LogP contribution in [0.3, 0.4) is 0 Å². The monoisotopic (exact) mass is 399 g/mol. The largest absolute Gasteiger partial charge is 0.493 e. The van der Waals surface area contributed by atoms with Gasteiger partial charge >= 0.3 is 0 Å². The minimum atomic E-state index is 0.502. The Bertz CT molecular complexity index is 820. The molecule has 0 amide bonds. The van der Waals surface area contributed by atoms with Gasteiger partial charge in [-0.25, -0.2) is 9.97 Å². The molecular formula is C21H29N5O3. The van der Waals surface area contributed by atoms with Crippen molar-refractivity contribution in [2.75, 3.05) is 38.1 Å². The normalized spacial score (nSPS) is 21.3. The molecule has 2 aromatic rings. The molecule has 29 heavy (non-hydrogen) atoms. The van der Waals surface area contributed by atoms with Crippen molar-refractivity contribution in [3.8, 4) is 17.2 Å². The highest BCUT2D eigenvalue weighted by atomic mass is 16.5. The highest BCUT2D eigenvalue weighted by Crippen LogP contribution is 2.41. The van der Waals surface area contributed by atoms with Crippen LogP contribution in [0, 0.1) is 5.92 Å². The molecule has 2 fully saturated rings. The first-order valence-electron chi connectivity index (χ1n) is 10.3. The van der Waals surface area contributed by atoms with Crippen molar-refractivity contribution in [1.29, 1.82) is 0 Å². The van der Waals surface area contributed by atoms with Crippen LogP contribution in [0.15, 0.2) is 18.5 Å². The Balaban J connectivity index is 1.58. The molecular weight excluding hydrogens is 370 g/mol. The minimum absolute atomic E-state index is 0.502. The number of anilines is 3. The molecule has 1 N–H and O–H groups in total. The van der Waals surface area contributed by atoms with E-state index in [1.807, 2.05) is 12.1 Å². The molecule has 1 aliphatic heterocycles. The molecule has 4 rings (SSSR count). The van der Waals surface area contributed by atoms with E-state index in [0.717, 1.165) is 24.1 Å². The van der Waals surface area contributed by atoms with Crippen molar-refractivity contribution in [3.05, 3.63) is 18.5 Å². The molecule has 0 bridgehead atoms. The molecule has 156 valence electrons. The summed E-state index contributed by atoms with van der Waals surface area (Å²) < 4.78 is 16.2. The Morgan fingerprint density at radius 2 is 1.66 bits per heavy atom. The smallest absolute Gasteiger partial charge is 0.232 e. The first-order valence-corrected chi connectivity index (χ1v) is 10.3. The predicted octanol–water partition coefficient (Wildman–Crippen LogP) is 3.80. The van der Waals surface area contributed by atoms with Crippen LogP contribution >= 0.6 is 0 Å². The standard InChI is InChI=1S/C21H29N5O3/c1-27-17-11-15(12-18(28-2)19(17)29-3)24-20-22-13-23-21(25-20)26-10-6-8-14-7-4-5-9-16(14)26/h11-14,16H,4-10H2,1-3H3,(H,22,23,24,25). The molecule has 1 aromatic heterocycles. The number of fused-ring (bicyclic) bond motifs is 1.